The zero-order chi connectivity index (χ0) is 10.1. The summed E-state index contributed by atoms with van der Waals surface area (Å²) in [4.78, 5) is 14.2. The number of nitrogens with one attached hydrogen (secondary N) is 2. The Kier molecular flexibility index (Phi) is 2.00. The lowest BCUT2D eigenvalue weighted by Gasteiger charge is -1.97. The molecule has 2 aromatic rings. The Morgan fingerprint density at radius 2 is 2.14 bits per heavy atom. The van der Waals surface area contributed by atoms with Gasteiger partial charge < -0.3 is 10.3 Å². The number of aromatic amines is 1. The molecule has 0 aliphatic rings. The van der Waals surface area contributed by atoms with Gasteiger partial charge in [0.15, 0.2) is 5.78 Å². The maximum Gasteiger partial charge on any atom is 0.175 e. The summed E-state index contributed by atoms with van der Waals surface area (Å²) in [5.41, 5.74) is 2.68. The first-order valence-corrected chi connectivity index (χ1v) is 4.52. The minimum Gasteiger partial charge on any atom is -0.388 e. The summed E-state index contributed by atoms with van der Waals surface area (Å²) in [5, 5.41) is 4.12. The Bertz CT molecular complexity index is 485. The fraction of sp³-hybridized carbons (Fsp3) is 0.182. The van der Waals surface area contributed by atoms with Crippen molar-refractivity contribution < 1.29 is 4.79 Å². The second-order valence-electron chi connectivity index (χ2n) is 3.29. The van der Waals surface area contributed by atoms with Gasteiger partial charge in [0.05, 0.1) is 5.69 Å². The molecule has 0 unspecified atom stereocenters. The van der Waals surface area contributed by atoms with E-state index in [0.29, 0.717) is 5.69 Å². The highest BCUT2D eigenvalue weighted by Gasteiger charge is 2.04. The average Bonchev–Trinajstić information content (AvgIpc) is 2.59. The molecule has 1 aromatic carbocycles. The molecule has 0 radical (unpaired) electrons. The monoisotopic (exact) mass is 188 g/mol. The lowest BCUT2D eigenvalue weighted by atomic mass is 10.2. The topological polar surface area (TPSA) is 44.9 Å². The summed E-state index contributed by atoms with van der Waals surface area (Å²) in [5.74, 6) is 0.0622. The fourth-order valence-electron chi connectivity index (χ4n) is 1.47. The van der Waals surface area contributed by atoms with Crippen LogP contribution in [0.15, 0.2) is 24.3 Å². The van der Waals surface area contributed by atoms with Gasteiger partial charge in [-0.25, -0.2) is 0 Å². The van der Waals surface area contributed by atoms with E-state index < -0.39 is 0 Å². The van der Waals surface area contributed by atoms with Crippen molar-refractivity contribution in [1.29, 1.82) is 0 Å². The molecule has 2 rings (SSSR count). The van der Waals surface area contributed by atoms with Crippen LogP contribution in [-0.2, 0) is 0 Å². The van der Waals surface area contributed by atoms with E-state index in [9.17, 15) is 4.79 Å². The van der Waals surface area contributed by atoms with Gasteiger partial charge in [0, 0.05) is 30.6 Å². The van der Waals surface area contributed by atoms with Crippen LogP contribution < -0.4 is 5.32 Å². The van der Waals surface area contributed by atoms with Crippen LogP contribution in [0.1, 0.15) is 17.4 Å². The number of H-pyrrole nitrogens is 1. The van der Waals surface area contributed by atoms with Crippen LogP contribution in [0.4, 0.5) is 5.69 Å². The number of ketones is 1. The highest BCUT2D eigenvalue weighted by molar-refractivity contribution is 5.98. The minimum atomic E-state index is 0.0622. The van der Waals surface area contributed by atoms with Gasteiger partial charge in [-0.15, -0.1) is 0 Å². The first kappa shape index (κ1) is 8.81. The van der Waals surface area contributed by atoms with Crippen molar-refractivity contribution in [3.63, 3.8) is 0 Å². The van der Waals surface area contributed by atoms with Gasteiger partial charge >= 0.3 is 0 Å². The second-order valence-corrected chi connectivity index (χ2v) is 3.29. The van der Waals surface area contributed by atoms with Crippen LogP contribution in [0, 0.1) is 0 Å². The van der Waals surface area contributed by atoms with Crippen LogP contribution >= 0.6 is 0 Å². The molecule has 0 amide bonds. The van der Waals surface area contributed by atoms with Gasteiger partial charge in [0.25, 0.3) is 0 Å². The van der Waals surface area contributed by atoms with Crippen molar-refractivity contribution in [2.45, 2.75) is 6.92 Å². The number of fused-ring (bicyclic) bond motifs is 1. The number of anilines is 1. The van der Waals surface area contributed by atoms with Crippen LogP contribution in [0.3, 0.4) is 0 Å². The van der Waals surface area contributed by atoms with Gasteiger partial charge in [-0.3, -0.25) is 4.79 Å². The summed E-state index contributed by atoms with van der Waals surface area (Å²) in [6, 6.07) is 7.84. The van der Waals surface area contributed by atoms with E-state index in [4.69, 9.17) is 0 Å². The summed E-state index contributed by atoms with van der Waals surface area (Å²) < 4.78 is 0. The Morgan fingerprint density at radius 3 is 2.79 bits per heavy atom. The molecular weight excluding hydrogens is 176 g/mol. The largest absolute Gasteiger partial charge is 0.388 e. The van der Waals surface area contributed by atoms with E-state index in [2.05, 4.69) is 10.3 Å². The lowest BCUT2D eigenvalue weighted by Crippen LogP contribution is -1.90. The first-order chi connectivity index (χ1) is 6.70. The molecule has 0 fully saturated rings. The highest BCUT2D eigenvalue weighted by Crippen LogP contribution is 2.19. The van der Waals surface area contributed by atoms with Crippen LogP contribution in [0.5, 0.6) is 0 Å². The quantitative estimate of drug-likeness (QED) is 0.711. The Labute approximate surface area is 82.1 Å². The molecule has 3 heteroatoms. The predicted octanol–water partition coefficient (Wildman–Crippen LogP) is 2.41. The molecular formula is C11H12N2O. The molecule has 0 aliphatic carbocycles. The summed E-state index contributed by atoms with van der Waals surface area (Å²) >= 11 is 0. The number of benzene rings is 1. The molecule has 2 N–H and O–H groups in total. The number of Topliss-reactive ketones (excluding diaryl/α,β-unsaturated/α-hetero) is 1. The standard InChI is InChI=1S/C11H12N2O/c1-7(14)10-5-8-3-4-9(12-2)6-11(8)13-10/h3-6,12-13H,1-2H3. The van der Waals surface area contributed by atoms with E-state index in [1.165, 1.54) is 0 Å². The molecule has 1 heterocycles. The molecule has 0 atom stereocenters. The van der Waals surface area contributed by atoms with Gasteiger partial charge in [-0.1, -0.05) is 6.07 Å². The van der Waals surface area contributed by atoms with Crippen molar-refractivity contribution in [1.82, 2.24) is 4.98 Å². The van der Waals surface area contributed by atoms with E-state index in [-0.39, 0.29) is 5.78 Å². The molecule has 0 aliphatic heterocycles. The number of hydrogen-bond donors (Lipinski definition) is 2. The van der Waals surface area contributed by atoms with Crippen LogP contribution in [-0.4, -0.2) is 17.8 Å². The van der Waals surface area contributed by atoms with E-state index in [1.807, 2.05) is 31.3 Å². The highest BCUT2D eigenvalue weighted by atomic mass is 16.1. The van der Waals surface area contributed by atoms with Crippen LogP contribution in [0.25, 0.3) is 10.9 Å². The number of hydrogen-bond acceptors (Lipinski definition) is 2. The van der Waals surface area contributed by atoms with Gasteiger partial charge in [0.1, 0.15) is 0 Å². The van der Waals surface area contributed by atoms with E-state index in [0.717, 1.165) is 16.6 Å². The molecule has 0 saturated heterocycles. The van der Waals surface area contributed by atoms with Crippen molar-refractivity contribution in [3.8, 4) is 0 Å². The van der Waals surface area contributed by atoms with Crippen molar-refractivity contribution in [2.24, 2.45) is 0 Å². The molecule has 0 bridgehead atoms. The third-order valence-corrected chi connectivity index (χ3v) is 2.29. The number of aromatic nitrogens is 1. The zero-order valence-corrected chi connectivity index (χ0v) is 8.22. The van der Waals surface area contributed by atoms with Gasteiger partial charge in [0.2, 0.25) is 0 Å². The molecule has 72 valence electrons. The first-order valence-electron chi connectivity index (χ1n) is 4.52. The van der Waals surface area contributed by atoms with Gasteiger partial charge in [-0.2, -0.15) is 0 Å². The molecule has 0 saturated carbocycles. The summed E-state index contributed by atoms with van der Waals surface area (Å²) in [6.07, 6.45) is 0. The maximum atomic E-state index is 11.1. The summed E-state index contributed by atoms with van der Waals surface area (Å²) in [6.45, 7) is 1.56. The van der Waals surface area contributed by atoms with E-state index in [1.54, 1.807) is 6.92 Å². The molecule has 14 heavy (non-hydrogen) atoms. The third kappa shape index (κ3) is 1.37. The van der Waals surface area contributed by atoms with Crippen molar-refractivity contribution >= 4 is 22.4 Å². The molecule has 0 spiro atoms. The van der Waals surface area contributed by atoms with Crippen LogP contribution in [0.2, 0.25) is 0 Å². The number of carbonyl (C=O) groups is 1. The van der Waals surface area contributed by atoms with Crippen molar-refractivity contribution in [2.75, 3.05) is 12.4 Å². The van der Waals surface area contributed by atoms with Crippen molar-refractivity contribution in [3.05, 3.63) is 30.0 Å². The Morgan fingerprint density at radius 1 is 1.36 bits per heavy atom. The maximum absolute atomic E-state index is 11.1. The number of rotatable bonds is 2. The zero-order valence-electron chi connectivity index (χ0n) is 8.22. The molecule has 3 nitrogen and oxygen atoms in total. The fourth-order valence-corrected chi connectivity index (χ4v) is 1.47. The Balaban J connectivity index is 2.60. The number of carbonyl (C=O) groups excluding carboxylic acids is 1. The average molecular weight is 188 g/mol. The lowest BCUT2D eigenvalue weighted by molar-refractivity contribution is 0.101. The van der Waals surface area contributed by atoms with Gasteiger partial charge in [-0.05, 0) is 18.2 Å². The summed E-state index contributed by atoms with van der Waals surface area (Å²) in [7, 11) is 1.87. The molecule has 1 aromatic heterocycles. The Hall–Kier alpha value is -1.77. The predicted molar refractivity (Wildman–Crippen MR) is 57.8 cm³/mol. The smallest absolute Gasteiger partial charge is 0.175 e. The second kappa shape index (κ2) is 3.18. The minimum absolute atomic E-state index is 0.0622. The third-order valence-electron chi connectivity index (χ3n) is 2.29. The van der Waals surface area contributed by atoms with E-state index >= 15 is 0 Å². The SMILES string of the molecule is CNc1ccc2cc(C(C)=O)[nH]c2c1. The normalized spacial score (nSPS) is 10.4.